The Labute approximate surface area is 283 Å². The number of rotatable bonds is 12. The molecule has 0 saturated heterocycles. The molecule has 1 aliphatic carbocycles. The predicted octanol–water partition coefficient (Wildman–Crippen LogP) is 7.25. The molecule has 7 nitrogen and oxygen atoms in total. The summed E-state index contributed by atoms with van der Waals surface area (Å²) in [6.45, 7) is -0.957. The van der Waals surface area contributed by atoms with Crippen LogP contribution in [-0.4, -0.2) is 43.8 Å². The van der Waals surface area contributed by atoms with E-state index >= 15 is 0 Å². The van der Waals surface area contributed by atoms with Gasteiger partial charge in [0, 0.05) is 24.0 Å². The summed E-state index contributed by atoms with van der Waals surface area (Å²) >= 11 is 6.12. The Morgan fingerprint density at radius 2 is 1.46 bits per heavy atom. The number of sulfonamides is 1. The van der Waals surface area contributed by atoms with Crippen LogP contribution in [0.5, 0.6) is 0 Å². The molecule has 0 aromatic heterocycles. The Hall–Kier alpha value is -4.35. The van der Waals surface area contributed by atoms with E-state index in [0.29, 0.717) is 21.0 Å². The first-order chi connectivity index (χ1) is 22.9. The summed E-state index contributed by atoms with van der Waals surface area (Å²) in [7, 11) is -4.55. The standard InChI is InChI=1S/C36H35ClF3N3O4S/c37-29-20-18-27(19-21-29)24-42(33(22-26-10-3-1-4-11-26)35(45)41-30-13-7-8-14-30)34(44)25-43(48(46,47)32-16-5-2-6-17-32)31-15-9-12-28(23-31)36(38,39)40/h1-6,9-12,15-21,23,30,33H,7-8,13-14,22,24-25H2,(H,41,45). The van der Waals surface area contributed by atoms with Crippen LogP contribution in [0.15, 0.2) is 114 Å². The minimum absolute atomic E-state index is 0.0664. The first-order valence-electron chi connectivity index (χ1n) is 15.5. The molecule has 2 amide bonds. The normalized spacial score (nSPS) is 14.3. The molecule has 0 aliphatic heterocycles. The molecular formula is C36H35ClF3N3O4S. The Morgan fingerprint density at radius 1 is 0.833 bits per heavy atom. The van der Waals surface area contributed by atoms with Gasteiger partial charge in [-0.1, -0.05) is 91.2 Å². The second-order valence-electron chi connectivity index (χ2n) is 11.7. The van der Waals surface area contributed by atoms with E-state index < -0.39 is 46.2 Å². The Bertz CT molecular complexity index is 1800. The van der Waals surface area contributed by atoms with Crippen LogP contribution >= 0.6 is 11.6 Å². The Morgan fingerprint density at radius 3 is 2.08 bits per heavy atom. The van der Waals surface area contributed by atoms with Crippen molar-refractivity contribution in [3.63, 3.8) is 0 Å². The maximum Gasteiger partial charge on any atom is 0.416 e. The van der Waals surface area contributed by atoms with E-state index in [4.69, 9.17) is 11.6 Å². The summed E-state index contributed by atoms with van der Waals surface area (Å²) < 4.78 is 70.1. The van der Waals surface area contributed by atoms with Gasteiger partial charge in [0.1, 0.15) is 12.6 Å². The SMILES string of the molecule is O=C(NC1CCCC1)C(Cc1ccccc1)N(Cc1ccc(Cl)cc1)C(=O)CN(c1cccc(C(F)(F)F)c1)S(=O)(=O)c1ccccc1. The molecule has 4 aromatic rings. The molecule has 1 aliphatic rings. The second kappa shape index (κ2) is 15.3. The molecular weight excluding hydrogens is 663 g/mol. The highest BCUT2D eigenvalue weighted by Gasteiger charge is 2.37. The zero-order valence-electron chi connectivity index (χ0n) is 25.9. The number of nitrogens with zero attached hydrogens (tertiary/aromatic N) is 2. The van der Waals surface area contributed by atoms with E-state index in [2.05, 4.69) is 5.32 Å². The fourth-order valence-electron chi connectivity index (χ4n) is 5.79. The van der Waals surface area contributed by atoms with Gasteiger partial charge in [0.05, 0.1) is 16.1 Å². The molecule has 1 atom stereocenters. The number of hydrogen-bond acceptors (Lipinski definition) is 4. The first kappa shape index (κ1) is 35.0. The van der Waals surface area contributed by atoms with Gasteiger partial charge in [-0.25, -0.2) is 8.42 Å². The van der Waals surface area contributed by atoms with Crippen LogP contribution in [0.4, 0.5) is 18.9 Å². The predicted molar refractivity (Wildman–Crippen MR) is 179 cm³/mol. The van der Waals surface area contributed by atoms with Crippen molar-refractivity contribution >= 4 is 39.1 Å². The third-order valence-electron chi connectivity index (χ3n) is 8.31. The van der Waals surface area contributed by atoms with E-state index in [0.717, 1.165) is 43.4 Å². The molecule has 1 unspecified atom stereocenters. The van der Waals surface area contributed by atoms with Gasteiger partial charge in [0.2, 0.25) is 11.8 Å². The van der Waals surface area contributed by atoms with Gasteiger partial charge in [0.25, 0.3) is 10.0 Å². The second-order valence-corrected chi connectivity index (χ2v) is 14.0. The van der Waals surface area contributed by atoms with Gasteiger partial charge < -0.3 is 10.2 Å². The minimum atomic E-state index is -4.76. The van der Waals surface area contributed by atoms with Crippen LogP contribution in [0.25, 0.3) is 0 Å². The molecule has 1 saturated carbocycles. The number of nitrogens with one attached hydrogen (secondary N) is 1. The van der Waals surface area contributed by atoms with Gasteiger partial charge >= 0.3 is 6.18 Å². The van der Waals surface area contributed by atoms with E-state index in [1.165, 1.54) is 35.2 Å². The number of anilines is 1. The average Bonchev–Trinajstić information content (AvgIpc) is 3.59. The fourth-order valence-corrected chi connectivity index (χ4v) is 7.35. The summed E-state index contributed by atoms with van der Waals surface area (Å²) in [5.74, 6) is -1.17. The molecule has 5 rings (SSSR count). The summed E-state index contributed by atoms with van der Waals surface area (Å²) in [5, 5.41) is 3.54. The molecule has 12 heteroatoms. The van der Waals surface area contributed by atoms with Gasteiger partial charge in [-0.15, -0.1) is 0 Å². The maximum absolute atomic E-state index is 14.5. The van der Waals surface area contributed by atoms with Gasteiger partial charge in [-0.3, -0.25) is 13.9 Å². The average molecular weight is 698 g/mol. The highest BCUT2D eigenvalue weighted by Crippen LogP contribution is 2.33. The van der Waals surface area contributed by atoms with Gasteiger partial charge in [-0.05, 0) is 66.4 Å². The van der Waals surface area contributed by atoms with E-state index in [-0.39, 0.29) is 29.6 Å². The van der Waals surface area contributed by atoms with Crippen LogP contribution in [0.3, 0.4) is 0 Å². The zero-order valence-corrected chi connectivity index (χ0v) is 27.5. The molecule has 1 N–H and O–H groups in total. The van der Waals surface area contributed by atoms with Crippen LogP contribution in [0.1, 0.15) is 42.4 Å². The van der Waals surface area contributed by atoms with Crippen molar-refractivity contribution in [1.29, 1.82) is 0 Å². The monoisotopic (exact) mass is 697 g/mol. The Kier molecular flexibility index (Phi) is 11.1. The summed E-state index contributed by atoms with van der Waals surface area (Å²) in [6, 6.07) is 25.6. The highest BCUT2D eigenvalue weighted by molar-refractivity contribution is 7.92. The summed E-state index contributed by atoms with van der Waals surface area (Å²) in [6.07, 6.45) is -1.12. The van der Waals surface area contributed by atoms with Gasteiger partial charge in [0.15, 0.2) is 0 Å². The van der Waals surface area contributed by atoms with Crippen LogP contribution < -0.4 is 9.62 Å². The Balaban J connectivity index is 1.59. The molecule has 0 bridgehead atoms. The van der Waals surface area contributed by atoms with Crippen molar-refractivity contribution < 1.29 is 31.2 Å². The van der Waals surface area contributed by atoms with Crippen molar-refractivity contribution in [3.8, 4) is 0 Å². The lowest BCUT2D eigenvalue weighted by Crippen LogP contribution is -2.54. The first-order valence-corrected chi connectivity index (χ1v) is 17.4. The van der Waals surface area contributed by atoms with Crippen molar-refractivity contribution in [2.24, 2.45) is 0 Å². The molecule has 0 radical (unpaired) electrons. The van der Waals surface area contributed by atoms with Gasteiger partial charge in [-0.2, -0.15) is 13.2 Å². The van der Waals surface area contributed by atoms with E-state index in [9.17, 15) is 31.2 Å². The molecule has 0 heterocycles. The third kappa shape index (κ3) is 8.76. The van der Waals surface area contributed by atoms with Crippen LogP contribution in [-0.2, 0) is 38.8 Å². The lowest BCUT2D eigenvalue weighted by atomic mass is 10.0. The quantitative estimate of drug-likeness (QED) is 0.169. The molecule has 0 spiro atoms. The van der Waals surface area contributed by atoms with Crippen LogP contribution in [0, 0.1) is 0 Å². The topological polar surface area (TPSA) is 86.8 Å². The van der Waals surface area contributed by atoms with Crippen molar-refractivity contribution in [2.45, 2.75) is 61.8 Å². The lowest BCUT2D eigenvalue weighted by Gasteiger charge is -2.34. The molecule has 1 fully saturated rings. The smallest absolute Gasteiger partial charge is 0.352 e. The number of carbonyl (C=O) groups excluding carboxylic acids is 2. The molecule has 4 aromatic carbocycles. The highest BCUT2D eigenvalue weighted by atomic mass is 35.5. The fraction of sp³-hybridized carbons (Fsp3) is 0.278. The summed E-state index contributed by atoms with van der Waals surface area (Å²) in [5.41, 5.74) is -0.0271. The van der Waals surface area contributed by atoms with Crippen molar-refractivity contribution in [1.82, 2.24) is 10.2 Å². The zero-order chi connectivity index (χ0) is 34.3. The maximum atomic E-state index is 14.5. The van der Waals surface area contributed by atoms with E-state index in [1.54, 1.807) is 30.3 Å². The van der Waals surface area contributed by atoms with Crippen molar-refractivity contribution in [3.05, 3.63) is 131 Å². The number of hydrogen-bond donors (Lipinski definition) is 1. The lowest BCUT2D eigenvalue weighted by molar-refractivity contribution is -0.140. The van der Waals surface area contributed by atoms with Crippen molar-refractivity contribution in [2.75, 3.05) is 10.8 Å². The minimum Gasteiger partial charge on any atom is -0.352 e. The number of halogens is 4. The third-order valence-corrected chi connectivity index (χ3v) is 10.4. The van der Waals surface area contributed by atoms with E-state index in [1.807, 2.05) is 30.3 Å². The summed E-state index contributed by atoms with van der Waals surface area (Å²) in [4.78, 5) is 29.7. The molecule has 252 valence electrons. The number of carbonyl (C=O) groups is 2. The van der Waals surface area contributed by atoms with Crippen LogP contribution in [0.2, 0.25) is 5.02 Å². The largest absolute Gasteiger partial charge is 0.416 e. The molecule has 48 heavy (non-hydrogen) atoms. The number of benzene rings is 4. The number of amides is 2. The number of alkyl halides is 3.